The molecule has 3 aromatic rings. The molecule has 0 spiro atoms. The van der Waals surface area contributed by atoms with Crippen molar-refractivity contribution in [2.75, 3.05) is 19.7 Å². The van der Waals surface area contributed by atoms with Gasteiger partial charge in [-0.1, -0.05) is 17.7 Å². The van der Waals surface area contributed by atoms with Crippen molar-refractivity contribution in [2.24, 2.45) is 0 Å². The second-order valence-corrected chi connectivity index (χ2v) is 7.40. The second-order valence-electron chi connectivity index (χ2n) is 6.99. The van der Waals surface area contributed by atoms with E-state index in [1.54, 1.807) is 30.0 Å². The molecule has 4 rings (SSSR count). The molecule has 150 valence electrons. The normalized spacial score (nSPS) is 13.8. The summed E-state index contributed by atoms with van der Waals surface area (Å²) in [5.41, 5.74) is 0.0441. The van der Waals surface area contributed by atoms with Crippen molar-refractivity contribution in [3.05, 3.63) is 63.2 Å². The highest BCUT2D eigenvalue weighted by Crippen LogP contribution is 2.32. The Balaban J connectivity index is 1.67. The Kier molecular flexibility index (Phi) is 5.28. The van der Waals surface area contributed by atoms with E-state index in [9.17, 15) is 14.0 Å². The van der Waals surface area contributed by atoms with Crippen LogP contribution in [0.4, 0.5) is 4.39 Å². The molecule has 1 aliphatic rings. The summed E-state index contributed by atoms with van der Waals surface area (Å²) in [6.45, 7) is 3.03. The number of hydrogen-bond acceptors (Lipinski definition) is 4. The third kappa shape index (κ3) is 3.72. The first-order valence-corrected chi connectivity index (χ1v) is 9.76. The lowest BCUT2D eigenvalue weighted by atomic mass is 10.0. The number of carbonyl (C=O) groups is 1. The van der Waals surface area contributed by atoms with Crippen LogP contribution in [-0.4, -0.2) is 30.5 Å². The van der Waals surface area contributed by atoms with E-state index >= 15 is 0 Å². The molecule has 1 amide bonds. The van der Waals surface area contributed by atoms with E-state index < -0.39 is 5.82 Å². The zero-order chi connectivity index (χ0) is 20.5. The maximum Gasteiger partial charge on any atom is 0.260 e. The summed E-state index contributed by atoms with van der Waals surface area (Å²) in [4.78, 5) is 26.9. The van der Waals surface area contributed by atoms with Gasteiger partial charge in [0.25, 0.3) is 5.91 Å². The number of ether oxygens (including phenoxy) is 1. The number of halogens is 2. The Morgan fingerprint density at radius 2 is 1.97 bits per heavy atom. The highest BCUT2D eigenvalue weighted by Gasteiger charge is 2.21. The quantitative estimate of drug-likeness (QED) is 0.626. The van der Waals surface area contributed by atoms with Crippen LogP contribution in [0.3, 0.4) is 0 Å². The number of aryl methyl sites for hydroxylation is 1. The minimum Gasteiger partial charge on any atom is -0.484 e. The van der Waals surface area contributed by atoms with Crippen LogP contribution in [0.15, 0.2) is 45.6 Å². The number of hydrogen-bond donors (Lipinski definition) is 0. The molecule has 0 N–H and O–H groups in total. The number of nitrogens with zero attached hydrogens (tertiary/aromatic N) is 1. The van der Waals surface area contributed by atoms with Crippen LogP contribution in [0.2, 0.25) is 5.02 Å². The fourth-order valence-electron chi connectivity index (χ4n) is 3.60. The molecule has 7 heteroatoms. The van der Waals surface area contributed by atoms with Crippen molar-refractivity contribution < 1.29 is 18.3 Å². The van der Waals surface area contributed by atoms with Gasteiger partial charge < -0.3 is 14.1 Å². The van der Waals surface area contributed by atoms with Gasteiger partial charge in [0.2, 0.25) is 5.43 Å². The van der Waals surface area contributed by atoms with E-state index in [2.05, 4.69) is 0 Å². The number of fused-ring (bicyclic) bond motifs is 1. The molecule has 2 aromatic carbocycles. The molecule has 0 aliphatic carbocycles. The Morgan fingerprint density at radius 3 is 2.69 bits per heavy atom. The van der Waals surface area contributed by atoms with Gasteiger partial charge in [0.15, 0.2) is 6.61 Å². The molecular formula is C22H19ClFNO4. The summed E-state index contributed by atoms with van der Waals surface area (Å²) in [5.74, 6) is 0.0152. The molecule has 0 atom stereocenters. The Bertz CT molecular complexity index is 1130. The third-order valence-electron chi connectivity index (χ3n) is 5.07. The summed E-state index contributed by atoms with van der Waals surface area (Å²) in [6, 6.07) is 8.96. The van der Waals surface area contributed by atoms with Gasteiger partial charge in [-0.3, -0.25) is 9.59 Å². The van der Waals surface area contributed by atoms with Crippen LogP contribution in [0.25, 0.3) is 22.1 Å². The molecule has 5 nitrogen and oxygen atoms in total. The first kappa shape index (κ1) is 19.5. The standard InChI is InChI=1S/C22H19ClFNO4/c1-13-20(21-16(23)5-4-6-17(21)24)22(27)15-8-7-14(11-18(15)29-13)28-12-19(26)25-9-2-3-10-25/h4-8,11H,2-3,9-10,12H2,1H3. The molecule has 0 unspecified atom stereocenters. The molecule has 1 aliphatic heterocycles. The summed E-state index contributed by atoms with van der Waals surface area (Å²) in [7, 11) is 0. The van der Waals surface area contributed by atoms with Gasteiger partial charge in [0.1, 0.15) is 22.9 Å². The van der Waals surface area contributed by atoms with Gasteiger partial charge in [0, 0.05) is 24.7 Å². The van der Waals surface area contributed by atoms with Crippen molar-refractivity contribution in [1.29, 1.82) is 0 Å². The fourth-order valence-corrected chi connectivity index (χ4v) is 3.86. The maximum absolute atomic E-state index is 14.3. The molecule has 0 saturated carbocycles. The lowest BCUT2D eigenvalue weighted by Gasteiger charge is -2.15. The number of rotatable bonds is 4. The van der Waals surface area contributed by atoms with Gasteiger partial charge in [-0.05, 0) is 44.0 Å². The van der Waals surface area contributed by atoms with Crippen molar-refractivity contribution in [1.82, 2.24) is 4.90 Å². The molecule has 0 radical (unpaired) electrons. The van der Waals surface area contributed by atoms with Crippen molar-refractivity contribution in [3.63, 3.8) is 0 Å². The molecule has 1 fully saturated rings. The Labute approximate surface area is 171 Å². The maximum atomic E-state index is 14.3. The van der Waals surface area contributed by atoms with Crippen molar-refractivity contribution in [2.45, 2.75) is 19.8 Å². The number of amides is 1. The van der Waals surface area contributed by atoms with E-state index in [4.69, 9.17) is 20.8 Å². The van der Waals surface area contributed by atoms with Crippen molar-refractivity contribution in [3.8, 4) is 16.9 Å². The number of likely N-dealkylation sites (tertiary alicyclic amines) is 1. The monoisotopic (exact) mass is 415 g/mol. The highest BCUT2D eigenvalue weighted by atomic mass is 35.5. The van der Waals surface area contributed by atoms with Crippen LogP contribution in [-0.2, 0) is 4.79 Å². The predicted molar refractivity (Wildman–Crippen MR) is 109 cm³/mol. The SMILES string of the molecule is Cc1oc2cc(OCC(=O)N3CCCC3)ccc2c(=O)c1-c1c(F)cccc1Cl. The highest BCUT2D eigenvalue weighted by molar-refractivity contribution is 6.33. The van der Waals surface area contributed by atoms with Crippen LogP contribution in [0.1, 0.15) is 18.6 Å². The number of carbonyl (C=O) groups excluding carboxylic acids is 1. The predicted octanol–water partition coefficient (Wildman–Crippen LogP) is 4.56. The van der Waals surface area contributed by atoms with Crippen LogP contribution in [0, 0.1) is 12.7 Å². The third-order valence-corrected chi connectivity index (χ3v) is 5.39. The molecule has 2 heterocycles. The van der Waals surface area contributed by atoms with E-state index in [-0.39, 0.29) is 45.2 Å². The van der Waals surface area contributed by atoms with Crippen LogP contribution < -0.4 is 10.2 Å². The summed E-state index contributed by atoms with van der Waals surface area (Å²) in [6.07, 6.45) is 2.03. The lowest BCUT2D eigenvalue weighted by molar-refractivity contribution is -0.132. The van der Waals surface area contributed by atoms with Gasteiger partial charge >= 0.3 is 0 Å². The minimum atomic E-state index is -0.590. The van der Waals surface area contributed by atoms with Gasteiger partial charge in [-0.15, -0.1) is 0 Å². The smallest absolute Gasteiger partial charge is 0.260 e. The number of benzene rings is 2. The van der Waals surface area contributed by atoms with Gasteiger partial charge in [0.05, 0.1) is 16.0 Å². The fraction of sp³-hybridized carbons (Fsp3) is 0.273. The minimum absolute atomic E-state index is 0.0267. The molecule has 1 aromatic heterocycles. The Morgan fingerprint density at radius 1 is 1.21 bits per heavy atom. The van der Waals surface area contributed by atoms with Crippen LogP contribution >= 0.6 is 11.6 Å². The second kappa shape index (κ2) is 7.87. The van der Waals surface area contributed by atoms with Crippen LogP contribution in [0.5, 0.6) is 5.75 Å². The van der Waals surface area contributed by atoms with Crippen molar-refractivity contribution >= 4 is 28.5 Å². The molecule has 29 heavy (non-hydrogen) atoms. The summed E-state index contributed by atoms with van der Waals surface area (Å²) in [5, 5.41) is 0.420. The van der Waals surface area contributed by atoms with E-state index in [0.29, 0.717) is 11.3 Å². The summed E-state index contributed by atoms with van der Waals surface area (Å²) < 4.78 is 25.7. The van der Waals surface area contributed by atoms with E-state index in [1.165, 1.54) is 18.2 Å². The first-order valence-electron chi connectivity index (χ1n) is 9.38. The first-order chi connectivity index (χ1) is 14.0. The zero-order valence-corrected chi connectivity index (χ0v) is 16.6. The average molecular weight is 416 g/mol. The van der Waals surface area contributed by atoms with Gasteiger partial charge in [-0.2, -0.15) is 0 Å². The summed E-state index contributed by atoms with van der Waals surface area (Å²) >= 11 is 6.13. The molecular weight excluding hydrogens is 397 g/mol. The Hall–Kier alpha value is -2.86. The average Bonchev–Trinajstić information content (AvgIpc) is 3.23. The molecule has 1 saturated heterocycles. The molecule has 0 bridgehead atoms. The lowest BCUT2D eigenvalue weighted by Crippen LogP contribution is -2.32. The largest absolute Gasteiger partial charge is 0.484 e. The van der Waals surface area contributed by atoms with E-state index in [0.717, 1.165) is 25.9 Å². The van der Waals surface area contributed by atoms with E-state index in [1.807, 2.05) is 0 Å². The zero-order valence-electron chi connectivity index (χ0n) is 15.8. The van der Waals surface area contributed by atoms with Gasteiger partial charge in [-0.25, -0.2) is 4.39 Å². The topological polar surface area (TPSA) is 59.8 Å².